The van der Waals surface area contributed by atoms with E-state index in [9.17, 15) is 12.8 Å². The topological polar surface area (TPSA) is 46.2 Å². The summed E-state index contributed by atoms with van der Waals surface area (Å²) < 4.78 is 35.8. The summed E-state index contributed by atoms with van der Waals surface area (Å²) in [5, 5.41) is 3.13. The number of hydrogen-bond acceptors (Lipinski definition) is 3. The first-order valence-corrected chi connectivity index (χ1v) is 7.47. The van der Waals surface area contributed by atoms with Crippen LogP contribution in [0.5, 0.6) is 0 Å². The molecular weight excluding hydrogens is 241 g/mol. The fourth-order valence-corrected chi connectivity index (χ4v) is 4.27. The Morgan fingerprint density at radius 1 is 1.35 bits per heavy atom. The van der Waals surface area contributed by atoms with E-state index in [-0.39, 0.29) is 29.3 Å². The highest BCUT2D eigenvalue weighted by atomic mass is 32.2. The average Bonchev–Trinajstić information content (AvgIpc) is 2.63. The van der Waals surface area contributed by atoms with Gasteiger partial charge in [-0.05, 0) is 37.1 Å². The van der Waals surface area contributed by atoms with Crippen LogP contribution in [0, 0.1) is 11.7 Å². The van der Waals surface area contributed by atoms with E-state index >= 15 is 0 Å². The van der Waals surface area contributed by atoms with Crippen LogP contribution in [0.4, 0.5) is 4.39 Å². The minimum atomic E-state index is -2.88. The largest absolute Gasteiger partial charge is 0.313 e. The highest BCUT2D eigenvalue weighted by Crippen LogP contribution is 2.31. The molecular formula is C12H16FNO2S. The lowest BCUT2D eigenvalue weighted by molar-refractivity contribution is 0.418. The number of sulfone groups is 1. The normalized spacial score (nSPS) is 24.7. The van der Waals surface area contributed by atoms with Crippen LogP contribution < -0.4 is 5.32 Å². The van der Waals surface area contributed by atoms with Crippen LogP contribution in [0.15, 0.2) is 24.3 Å². The Balaban J connectivity index is 2.20. The molecule has 2 rings (SSSR count). The third-order valence-corrected chi connectivity index (χ3v) is 5.07. The molecule has 1 N–H and O–H groups in total. The monoisotopic (exact) mass is 257 g/mol. The standard InChI is InChI=1S/C12H16FNO2S/c1-14-12(9-2-4-11(13)5-3-9)10-6-7-17(15,16)8-10/h2-5,10,12,14H,6-8H2,1H3. The zero-order chi connectivity index (χ0) is 12.5. The molecule has 5 heteroatoms. The lowest BCUT2D eigenvalue weighted by atomic mass is 9.93. The smallest absolute Gasteiger partial charge is 0.150 e. The van der Waals surface area contributed by atoms with Crippen LogP contribution in [0.1, 0.15) is 18.0 Å². The zero-order valence-electron chi connectivity index (χ0n) is 9.69. The van der Waals surface area contributed by atoms with Crippen LogP contribution in [0.2, 0.25) is 0 Å². The highest BCUT2D eigenvalue weighted by molar-refractivity contribution is 7.91. The van der Waals surface area contributed by atoms with E-state index in [2.05, 4.69) is 5.32 Å². The van der Waals surface area contributed by atoms with Gasteiger partial charge in [-0.3, -0.25) is 0 Å². The van der Waals surface area contributed by atoms with Crippen LogP contribution in [0.25, 0.3) is 0 Å². The number of benzene rings is 1. The second-order valence-corrected chi connectivity index (χ2v) is 6.71. The predicted molar refractivity (Wildman–Crippen MR) is 65.0 cm³/mol. The first-order chi connectivity index (χ1) is 8.02. The molecule has 1 aromatic carbocycles. The fourth-order valence-electron chi connectivity index (χ4n) is 2.43. The van der Waals surface area contributed by atoms with Gasteiger partial charge in [0.15, 0.2) is 9.84 Å². The van der Waals surface area contributed by atoms with Crippen molar-refractivity contribution in [3.05, 3.63) is 35.6 Å². The molecule has 0 spiro atoms. The summed E-state index contributed by atoms with van der Waals surface area (Å²) in [7, 11) is -1.08. The van der Waals surface area contributed by atoms with E-state index in [0.717, 1.165) is 5.56 Å². The van der Waals surface area contributed by atoms with Gasteiger partial charge in [-0.15, -0.1) is 0 Å². The van der Waals surface area contributed by atoms with Gasteiger partial charge in [0.05, 0.1) is 11.5 Å². The summed E-state index contributed by atoms with van der Waals surface area (Å²) in [5.41, 5.74) is 0.941. The zero-order valence-corrected chi connectivity index (χ0v) is 10.5. The molecule has 1 aliphatic rings. The van der Waals surface area contributed by atoms with Crippen molar-refractivity contribution >= 4 is 9.84 Å². The molecule has 0 radical (unpaired) electrons. The summed E-state index contributed by atoms with van der Waals surface area (Å²) in [4.78, 5) is 0. The summed E-state index contributed by atoms with van der Waals surface area (Å²) in [6.45, 7) is 0. The molecule has 1 heterocycles. The lowest BCUT2D eigenvalue weighted by Gasteiger charge is -2.22. The van der Waals surface area contributed by atoms with Crippen molar-refractivity contribution in [3.63, 3.8) is 0 Å². The summed E-state index contributed by atoms with van der Waals surface area (Å²) in [5.74, 6) is 0.283. The molecule has 0 saturated carbocycles. The Morgan fingerprint density at radius 2 is 2.00 bits per heavy atom. The second kappa shape index (κ2) is 4.74. The summed E-state index contributed by atoms with van der Waals surface area (Å²) in [6, 6.07) is 6.21. The minimum absolute atomic E-state index is 0.0205. The van der Waals surface area contributed by atoms with Crippen molar-refractivity contribution in [1.82, 2.24) is 5.32 Å². The van der Waals surface area contributed by atoms with Gasteiger partial charge in [-0.2, -0.15) is 0 Å². The van der Waals surface area contributed by atoms with Crippen molar-refractivity contribution < 1.29 is 12.8 Å². The number of rotatable bonds is 3. The van der Waals surface area contributed by atoms with Crippen LogP contribution in [-0.2, 0) is 9.84 Å². The van der Waals surface area contributed by atoms with E-state index in [4.69, 9.17) is 0 Å². The van der Waals surface area contributed by atoms with Gasteiger partial charge < -0.3 is 5.32 Å². The van der Waals surface area contributed by atoms with Gasteiger partial charge in [0, 0.05) is 6.04 Å². The van der Waals surface area contributed by atoms with Crippen LogP contribution in [-0.4, -0.2) is 27.0 Å². The third kappa shape index (κ3) is 2.84. The van der Waals surface area contributed by atoms with Gasteiger partial charge in [0.1, 0.15) is 5.82 Å². The molecule has 0 bridgehead atoms. The maximum absolute atomic E-state index is 12.8. The average molecular weight is 257 g/mol. The second-order valence-electron chi connectivity index (χ2n) is 4.48. The van der Waals surface area contributed by atoms with Gasteiger partial charge in [0.25, 0.3) is 0 Å². The predicted octanol–water partition coefficient (Wildman–Crippen LogP) is 1.52. The Bertz CT molecular complexity index is 484. The molecule has 0 aromatic heterocycles. The number of nitrogens with one attached hydrogen (secondary N) is 1. The Morgan fingerprint density at radius 3 is 2.47 bits per heavy atom. The van der Waals surface area contributed by atoms with E-state index in [1.165, 1.54) is 12.1 Å². The molecule has 0 amide bonds. The molecule has 2 unspecified atom stereocenters. The molecule has 1 aromatic rings. The fraction of sp³-hybridized carbons (Fsp3) is 0.500. The van der Waals surface area contributed by atoms with Crippen LogP contribution in [0.3, 0.4) is 0 Å². The van der Waals surface area contributed by atoms with Crippen molar-refractivity contribution in [3.8, 4) is 0 Å². The first kappa shape index (κ1) is 12.5. The van der Waals surface area contributed by atoms with Crippen molar-refractivity contribution in [2.75, 3.05) is 18.6 Å². The minimum Gasteiger partial charge on any atom is -0.313 e. The SMILES string of the molecule is CNC(c1ccc(F)cc1)C1CCS(=O)(=O)C1. The van der Waals surface area contributed by atoms with E-state index in [0.29, 0.717) is 6.42 Å². The van der Waals surface area contributed by atoms with E-state index in [1.807, 2.05) is 0 Å². The highest BCUT2D eigenvalue weighted by Gasteiger charge is 2.33. The van der Waals surface area contributed by atoms with Gasteiger partial charge in [-0.25, -0.2) is 12.8 Å². The summed E-state index contributed by atoms with van der Waals surface area (Å²) in [6.07, 6.45) is 0.672. The molecule has 1 fully saturated rings. The Kier molecular flexibility index (Phi) is 3.49. The Hall–Kier alpha value is -0.940. The van der Waals surface area contributed by atoms with Crippen molar-refractivity contribution in [2.45, 2.75) is 12.5 Å². The molecule has 0 aliphatic carbocycles. The van der Waals surface area contributed by atoms with E-state index in [1.54, 1.807) is 19.2 Å². The van der Waals surface area contributed by atoms with Gasteiger partial charge in [0.2, 0.25) is 0 Å². The van der Waals surface area contributed by atoms with Crippen molar-refractivity contribution in [1.29, 1.82) is 0 Å². The van der Waals surface area contributed by atoms with Crippen LogP contribution >= 0.6 is 0 Å². The van der Waals surface area contributed by atoms with Crippen molar-refractivity contribution in [2.24, 2.45) is 5.92 Å². The first-order valence-electron chi connectivity index (χ1n) is 5.65. The number of hydrogen-bond donors (Lipinski definition) is 1. The Labute approximate surface area is 101 Å². The third-order valence-electron chi connectivity index (χ3n) is 3.28. The number of halogens is 1. The molecule has 3 nitrogen and oxygen atoms in total. The molecule has 94 valence electrons. The molecule has 17 heavy (non-hydrogen) atoms. The van der Waals surface area contributed by atoms with E-state index < -0.39 is 9.84 Å². The molecule has 2 atom stereocenters. The summed E-state index contributed by atoms with van der Waals surface area (Å²) >= 11 is 0. The molecule has 1 aliphatic heterocycles. The quantitative estimate of drug-likeness (QED) is 0.893. The maximum Gasteiger partial charge on any atom is 0.150 e. The van der Waals surface area contributed by atoms with Gasteiger partial charge in [-0.1, -0.05) is 12.1 Å². The maximum atomic E-state index is 12.8. The van der Waals surface area contributed by atoms with Gasteiger partial charge >= 0.3 is 0 Å². The lowest BCUT2D eigenvalue weighted by Crippen LogP contribution is -2.26. The molecule has 1 saturated heterocycles.